The van der Waals surface area contributed by atoms with Gasteiger partial charge in [0.2, 0.25) is 0 Å². The van der Waals surface area contributed by atoms with Gasteiger partial charge >= 0.3 is 5.97 Å². The maximum Gasteiger partial charge on any atom is 0.326 e. The zero-order valence-corrected chi connectivity index (χ0v) is 17.1. The lowest BCUT2D eigenvalue weighted by atomic mass is 10.1. The number of amides is 2. The molecule has 0 radical (unpaired) electrons. The molecule has 1 aliphatic heterocycles. The van der Waals surface area contributed by atoms with E-state index in [0.29, 0.717) is 11.3 Å². The van der Waals surface area contributed by atoms with Gasteiger partial charge < -0.3 is 9.30 Å². The van der Waals surface area contributed by atoms with Crippen molar-refractivity contribution in [3.63, 3.8) is 0 Å². The summed E-state index contributed by atoms with van der Waals surface area (Å²) in [4.78, 5) is 38.2. The minimum atomic E-state index is -0.572. The van der Waals surface area contributed by atoms with Gasteiger partial charge in [-0.25, -0.2) is 0 Å². The Hall–Kier alpha value is -2.54. The Morgan fingerprint density at radius 3 is 2.71 bits per heavy atom. The predicted molar refractivity (Wildman–Crippen MR) is 111 cm³/mol. The molecule has 3 rings (SSSR count). The molecule has 2 aromatic rings. The lowest BCUT2D eigenvalue weighted by molar-refractivity contribution is -0.150. The zero-order chi connectivity index (χ0) is 20.3. The number of aromatic nitrogens is 1. The van der Waals surface area contributed by atoms with Gasteiger partial charge in [0.25, 0.3) is 11.1 Å². The molecule has 0 N–H and O–H groups in total. The highest BCUT2D eigenvalue weighted by Crippen LogP contribution is 2.34. The van der Waals surface area contributed by atoms with Crippen LogP contribution in [0.5, 0.6) is 0 Å². The van der Waals surface area contributed by atoms with Crippen molar-refractivity contribution in [3.05, 3.63) is 40.9 Å². The van der Waals surface area contributed by atoms with Gasteiger partial charge in [0, 0.05) is 29.2 Å². The van der Waals surface area contributed by atoms with Crippen molar-refractivity contribution in [1.82, 2.24) is 9.47 Å². The van der Waals surface area contributed by atoms with E-state index < -0.39 is 17.1 Å². The third-order valence-corrected chi connectivity index (χ3v) is 5.55. The zero-order valence-electron chi connectivity index (χ0n) is 16.3. The first-order valence-corrected chi connectivity index (χ1v) is 10.3. The molecule has 28 heavy (non-hydrogen) atoms. The Kier molecular flexibility index (Phi) is 6.24. The van der Waals surface area contributed by atoms with E-state index in [2.05, 4.69) is 11.5 Å². The van der Waals surface area contributed by atoms with E-state index in [1.54, 1.807) is 13.0 Å². The Balaban J connectivity index is 1.84. The van der Waals surface area contributed by atoms with Crippen molar-refractivity contribution in [2.24, 2.45) is 0 Å². The van der Waals surface area contributed by atoms with E-state index in [1.165, 1.54) is 0 Å². The number of hydrogen-bond donors (Lipinski definition) is 0. The molecule has 1 atom stereocenters. The van der Waals surface area contributed by atoms with Crippen molar-refractivity contribution in [3.8, 4) is 0 Å². The number of carbonyl (C=O) groups excluding carboxylic acids is 3. The number of nitrogens with zero attached hydrogens (tertiary/aromatic N) is 2. The van der Waals surface area contributed by atoms with Gasteiger partial charge in [-0.15, -0.1) is 0 Å². The minimum Gasteiger partial charge on any atom is -0.461 e. The molecule has 2 amide bonds. The minimum absolute atomic E-state index is 0.243. The second kappa shape index (κ2) is 8.65. The third kappa shape index (κ3) is 4.14. The van der Waals surface area contributed by atoms with Crippen molar-refractivity contribution in [2.45, 2.75) is 46.3 Å². The first-order chi connectivity index (χ1) is 13.4. The highest BCUT2D eigenvalue weighted by atomic mass is 32.2. The number of ether oxygens (including phenoxy) is 1. The van der Waals surface area contributed by atoms with Gasteiger partial charge in [-0.05, 0) is 43.7 Å². The molecular weight excluding hydrogens is 376 g/mol. The molecule has 0 aliphatic carbocycles. The number of carbonyl (C=O) groups is 3. The Bertz CT molecular complexity index is 947. The number of hydrogen-bond acceptors (Lipinski definition) is 5. The summed E-state index contributed by atoms with van der Waals surface area (Å²) in [6, 6.07) is 7.97. The van der Waals surface area contributed by atoms with Gasteiger partial charge in [-0.2, -0.15) is 0 Å². The molecule has 0 spiro atoms. The van der Waals surface area contributed by atoms with Crippen LogP contribution in [0.1, 0.15) is 39.2 Å². The van der Waals surface area contributed by atoms with Gasteiger partial charge in [0.05, 0.1) is 11.0 Å². The van der Waals surface area contributed by atoms with Crippen molar-refractivity contribution in [1.29, 1.82) is 0 Å². The highest BCUT2D eigenvalue weighted by molar-refractivity contribution is 8.18. The average Bonchev–Trinajstić information content (AvgIpc) is 3.15. The SMILES string of the molecule is CCCn1cc(/C=C2\SC(=O)N(CC(=O)O[C@H](C)CC)C2=O)c2ccccc21. The Morgan fingerprint density at radius 1 is 1.25 bits per heavy atom. The van der Waals surface area contributed by atoms with Crippen LogP contribution >= 0.6 is 11.8 Å². The molecule has 1 saturated heterocycles. The lowest BCUT2D eigenvalue weighted by Gasteiger charge is -2.14. The van der Waals surface area contributed by atoms with Crippen LogP contribution in [0, 0.1) is 0 Å². The largest absolute Gasteiger partial charge is 0.461 e. The fourth-order valence-corrected chi connectivity index (χ4v) is 3.90. The molecular formula is C21H24N2O4S. The quantitative estimate of drug-likeness (QED) is 0.508. The molecule has 0 bridgehead atoms. The van der Waals surface area contributed by atoms with Gasteiger partial charge in [-0.1, -0.05) is 32.0 Å². The number of aryl methyl sites for hydroxylation is 1. The first-order valence-electron chi connectivity index (χ1n) is 9.47. The monoisotopic (exact) mass is 400 g/mol. The van der Waals surface area contributed by atoms with E-state index in [1.807, 2.05) is 37.4 Å². The number of para-hydroxylation sites is 1. The Morgan fingerprint density at radius 2 is 2.00 bits per heavy atom. The number of esters is 1. The molecule has 0 unspecified atom stereocenters. The summed E-state index contributed by atoms with van der Waals surface area (Å²) in [5, 5.41) is 0.577. The van der Waals surface area contributed by atoms with Crippen LogP contribution in [0.4, 0.5) is 4.79 Å². The van der Waals surface area contributed by atoms with Gasteiger partial charge in [-0.3, -0.25) is 19.3 Å². The van der Waals surface area contributed by atoms with Crippen LogP contribution in [0.25, 0.3) is 17.0 Å². The topological polar surface area (TPSA) is 68.6 Å². The molecule has 1 aromatic carbocycles. The summed E-state index contributed by atoms with van der Waals surface area (Å²) in [5.41, 5.74) is 1.98. The average molecular weight is 401 g/mol. The second-order valence-corrected chi connectivity index (χ2v) is 7.76. The molecule has 7 heteroatoms. The van der Waals surface area contributed by atoms with E-state index in [4.69, 9.17) is 4.74 Å². The van der Waals surface area contributed by atoms with Crippen LogP contribution in [0.3, 0.4) is 0 Å². The van der Waals surface area contributed by atoms with E-state index in [0.717, 1.165) is 46.1 Å². The summed E-state index contributed by atoms with van der Waals surface area (Å²) < 4.78 is 7.33. The number of benzene rings is 1. The molecule has 1 aromatic heterocycles. The van der Waals surface area contributed by atoms with Crippen molar-refractivity contribution in [2.75, 3.05) is 6.54 Å². The third-order valence-electron chi connectivity index (χ3n) is 4.64. The molecule has 1 aliphatic rings. The lowest BCUT2D eigenvalue weighted by Crippen LogP contribution is -2.35. The summed E-state index contributed by atoms with van der Waals surface area (Å²) in [6.07, 6.45) is 5.16. The van der Waals surface area contributed by atoms with E-state index in [9.17, 15) is 14.4 Å². The fraction of sp³-hybridized carbons (Fsp3) is 0.381. The van der Waals surface area contributed by atoms with Crippen LogP contribution < -0.4 is 0 Å². The second-order valence-electron chi connectivity index (χ2n) is 6.77. The first kappa shape index (κ1) is 20.2. The van der Waals surface area contributed by atoms with Crippen LogP contribution in [-0.2, 0) is 20.9 Å². The van der Waals surface area contributed by atoms with Crippen LogP contribution in [-0.4, -0.2) is 39.2 Å². The molecule has 148 valence electrons. The standard InChI is InChI=1S/C21H24N2O4S/c1-4-10-22-12-15(16-8-6-7-9-17(16)22)11-18-20(25)23(21(26)28-18)13-19(24)27-14(3)5-2/h6-9,11-12,14H,4-5,10,13H2,1-3H3/b18-11-/t14-/m1/s1. The van der Waals surface area contributed by atoms with Gasteiger partial charge in [0.1, 0.15) is 6.54 Å². The number of thioether (sulfide) groups is 1. The number of imide groups is 1. The molecule has 2 heterocycles. The molecule has 1 fully saturated rings. The summed E-state index contributed by atoms with van der Waals surface area (Å²) >= 11 is 0.856. The summed E-state index contributed by atoms with van der Waals surface area (Å²) in [6.45, 7) is 6.30. The van der Waals surface area contributed by atoms with E-state index >= 15 is 0 Å². The fourth-order valence-electron chi connectivity index (χ4n) is 3.07. The smallest absolute Gasteiger partial charge is 0.326 e. The summed E-state index contributed by atoms with van der Waals surface area (Å²) in [7, 11) is 0. The molecule has 0 saturated carbocycles. The molecule has 6 nitrogen and oxygen atoms in total. The highest BCUT2D eigenvalue weighted by Gasteiger charge is 2.37. The van der Waals surface area contributed by atoms with E-state index in [-0.39, 0.29) is 12.6 Å². The van der Waals surface area contributed by atoms with Crippen LogP contribution in [0.2, 0.25) is 0 Å². The van der Waals surface area contributed by atoms with Crippen molar-refractivity contribution < 1.29 is 19.1 Å². The number of fused-ring (bicyclic) bond motifs is 1. The Labute approximate surface area is 168 Å². The van der Waals surface area contributed by atoms with Crippen LogP contribution in [0.15, 0.2) is 35.4 Å². The normalized spacial score (nSPS) is 17.0. The van der Waals surface area contributed by atoms with Crippen molar-refractivity contribution >= 4 is 45.9 Å². The number of rotatable bonds is 7. The predicted octanol–water partition coefficient (Wildman–Crippen LogP) is 4.43. The van der Waals surface area contributed by atoms with Gasteiger partial charge in [0.15, 0.2) is 0 Å². The maximum atomic E-state index is 12.7. The maximum absolute atomic E-state index is 12.7. The summed E-state index contributed by atoms with van der Waals surface area (Å²) in [5.74, 6) is -1.03.